The second kappa shape index (κ2) is 5.74. The molecule has 7 nitrogen and oxygen atoms in total. The second-order valence-corrected chi connectivity index (χ2v) is 4.74. The molecule has 0 aliphatic carbocycles. The number of rotatable bonds is 6. The van der Waals surface area contributed by atoms with Gasteiger partial charge in [0, 0.05) is 6.42 Å². The summed E-state index contributed by atoms with van der Waals surface area (Å²) in [6, 6.07) is 4.89. The molecule has 1 heterocycles. The highest BCUT2D eigenvalue weighted by Crippen LogP contribution is 2.26. The van der Waals surface area contributed by atoms with Crippen LogP contribution in [0.5, 0.6) is 0 Å². The predicted octanol–water partition coefficient (Wildman–Crippen LogP) is 0.391. The summed E-state index contributed by atoms with van der Waals surface area (Å²) < 4.78 is 0. The number of primary amides is 1. The fourth-order valence-corrected chi connectivity index (χ4v) is 2.32. The maximum Gasteiger partial charge on any atom is 0.326 e. The number of carboxylic acid groups (broad SMARTS) is 1. The molecule has 1 aromatic carbocycles. The van der Waals surface area contributed by atoms with Crippen molar-refractivity contribution in [1.82, 2.24) is 4.90 Å². The number of carboxylic acids is 1. The van der Waals surface area contributed by atoms with E-state index in [2.05, 4.69) is 0 Å². The number of hydrogen-bond acceptors (Lipinski definition) is 4. The number of imide groups is 1. The number of hydrogen-bond donors (Lipinski definition) is 2. The van der Waals surface area contributed by atoms with Crippen LogP contribution in [-0.4, -0.2) is 39.7 Å². The summed E-state index contributed by atoms with van der Waals surface area (Å²) in [4.78, 5) is 47.2. The number of fused-ring (bicyclic) bond motifs is 1. The van der Waals surface area contributed by atoms with E-state index in [1.165, 1.54) is 12.1 Å². The third-order valence-corrected chi connectivity index (χ3v) is 3.32. The number of carbonyl (C=O) groups excluding carboxylic acids is 3. The van der Waals surface area contributed by atoms with Crippen LogP contribution in [0.25, 0.3) is 0 Å². The molecule has 0 radical (unpaired) electrons. The van der Waals surface area contributed by atoms with Crippen LogP contribution in [0.15, 0.2) is 24.3 Å². The molecule has 3 amide bonds. The molecule has 0 bridgehead atoms. The van der Waals surface area contributed by atoms with Crippen molar-refractivity contribution in [2.45, 2.75) is 25.3 Å². The minimum absolute atomic E-state index is 0.00689. The van der Waals surface area contributed by atoms with Crippen molar-refractivity contribution in [3.8, 4) is 0 Å². The molecule has 0 saturated heterocycles. The van der Waals surface area contributed by atoms with Crippen LogP contribution in [0.1, 0.15) is 40.0 Å². The van der Waals surface area contributed by atoms with Gasteiger partial charge in [0.25, 0.3) is 11.8 Å². The molecule has 0 unspecified atom stereocenters. The highest BCUT2D eigenvalue weighted by atomic mass is 16.4. The lowest BCUT2D eigenvalue weighted by atomic mass is 10.1. The molecule has 1 aromatic rings. The molecule has 110 valence electrons. The number of nitrogens with zero attached hydrogens (tertiary/aromatic N) is 1. The minimum Gasteiger partial charge on any atom is -0.480 e. The minimum atomic E-state index is -1.29. The lowest BCUT2D eigenvalue weighted by molar-refractivity contribution is -0.142. The van der Waals surface area contributed by atoms with E-state index in [9.17, 15) is 24.3 Å². The molecular formula is C14H14N2O5. The van der Waals surface area contributed by atoms with Crippen molar-refractivity contribution in [2.24, 2.45) is 5.73 Å². The third kappa shape index (κ3) is 2.76. The van der Waals surface area contributed by atoms with Gasteiger partial charge in [-0.15, -0.1) is 0 Å². The van der Waals surface area contributed by atoms with Gasteiger partial charge in [0.05, 0.1) is 11.1 Å². The van der Waals surface area contributed by atoms with E-state index in [0.29, 0.717) is 0 Å². The summed E-state index contributed by atoms with van der Waals surface area (Å²) >= 11 is 0. The molecular weight excluding hydrogens is 276 g/mol. The zero-order valence-corrected chi connectivity index (χ0v) is 11.1. The van der Waals surface area contributed by atoms with E-state index < -0.39 is 29.7 Å². The topological polar surface area (TPSA) is 118 Å². The van der Waals surface area contributed by atoms with Gasteiger partial charge >= 0.3 is 5.97 Å². The van der Waals surface area contributed by atoms with E-state index in [1.807, 2.05) is 0 Å². The molecule has 0 spiro atoms. The highest BCUT2D eigenvalue weighted by Gasteiger charge is 2.42. The van der Waals surface area contributed by atoms with Gasteiger partial charge in [-0.2, -0.15) is 0 Å². The Balaban J connectivity index is 2.22. The molecule has 1 aliphatic rings. The van der Waals surface area contributed by atoms with E-state index in [0.717, 1.165) is 4.90 Å². The molecule has 7 heteroatoms. The summed E-state index contributed by atoms with van der Waals surface area (Å²) in [6.07, 6.45) is 0.191. The lowest BCUT2D eigenvalue weighted by Gasteiger charge is -2.22. The maximum atomic E-state index is 12.2. The second-order valence-electron chi connectivity index (χ2n) is 4.74. The van der Waals surface area contributed by atoms with Crippen molar-refractivity contribution >= 4 is 23.7 Å². The Morgan fingerprint density at radius 1 is 1.14 bits per heavy atom. The fraction of sp³-hybridized carbons (Fsp3) is 0.286. The summed E-state index contributed by atoms with van der Waals surface area (Å²) in [5.74, 6) is -3.08. The highest BCUT2D eigenvalue weighted by molar-refractivity contribution is 6.22. The summed E-state index contributed by atoms with van der Waals surface area (Å²) in [6.45, 7) is 0. The van der Waals surface area contributed by atoms with Crippen LogP contribution in [-0.2, 0) is 9.59 Å². The van der Waals surface area contributed by atoms with Crippen molar-refractivity contribution in [2.75, 3.05) is 0 Å². The molecule has 0 fully saturated rings. The zero-order valence-electron chi connectivity index (χ0n) is 11.1. The van der Waals surface area contributed by atoms with Gasteiger partial charge in [-0.1, -0.05) is 12.1 Å². The molecule has 21 heavy (non-hydrogen) atoms. The molecule has 0 saturated carbocycles. The van der Waals surface area contributed by atoms with Gasteiger partial charge in [-0.05, 0) is 25.0 Å². The van der Waals surface area contributed by atoms with Gasteiger partial charge in [0.15, 0.2) is 0 Å². The number of aliphatic carboxylic acids is 1. The van der Waals surface area contributed by atoms with Crippen molar-refractivity contribution in [1.29, 1.82) is 0 Å². The Morgan fingerprint density at radius 2 is 1.67 bits per heavy atom. The molecule has 0 aromatic heterocycles. The monoisotopic (exact) mass is 290 g/mol. The predicted molar refractivity (Wildman–Crippen MR) is 71.4 cm³/mol. The smallest absolute Gasteiger partial charge is 0.326 e. The normalized spacial score (nSPS) is 15.0. The van der Waals surface area contributed by atoms with Crippen LogP contribution in [0.4, 0.5) is 0 Å². The number of amides is 3. The Hall–Kier alpha value is -2.70. The lowest BCUT2D eigenvalue weighted by Crippen LogP contribution is -2.44. The average molecular weight is 290 g/mol. The van der Waals surface area contributed by atoms with E-state index in [-0.39, 0.29) is 30.4 Å². The van der Waals surface area contributed by atoms with Gasteiger partial charge in [-0.3, -0.25) is 19.3 Å². The Labute approximate surface area is 120 Å². The summed E-state index contributed by atoms with van der Waals surface area (Å²) in [5, 5.41) is 9.25. The molecule has 2 rings (SSSR count). The first-order valence-corrected chi connectivity index (χ1v) is 6.41. The van der Waals surface area contributed by atoms with Crippen molar-refractivity contribution < 1.29 is 24.3 Å². The SMILES string of the molecule is NC(=O)CCC[C@H](C(=O)O)N1C(=O)c2ccccc2C1=O. The van der Waals surface area contributed by atoms with Gasteiger partial charge in [0.2, 0.25) is 5.91 Å². The Morgan fingerprint density at radius 3 is 2.10 bits per heavy atom. The molecule has 3 N–H and O–H groups in total. The molecule has 1 atom stereocenters. The Kier molecular flexibility index (Phi) is 4.02. The largest absolute Gasteiger partial charge is 0.480 e. The fourth-order valence-electron chi connectivity index (χ4n) is 2.32. The third-order valence-electron chi connectivity index (χ3n) is 3.32. The van der Waals surface area contributed by atoms with Crippen LogP contribution in [0.3, 0.4) is 0 Å². The average Bonchev–Trinajstić information content (AvgIpc) is 2.68. The van der Waals surface area contributed by atoms with Crippen LogP contribution in [0, 0.1) is 0 Å². The van der Waals surface area contributed by atoms with E-state index in [1.54, 1.807) is 12.1 Å². The number of carbonyl (C=O) groups is 4. The zero-order chi connectivity index (χ0) is 15.6. The first kappa shape index (κ1) is 14.7. The number of nitrogens with two attached hydrogens (primary N) is 1. The maximum absolute atomic E-state index is 12.2. The Bertz CT molecular complexity index is 591. The standard InChI is InChI=1S/C14H14N2O5/c15-11(17)7-3-6-10(14(20)21)16-12(18)8-4-1-2-5-9(8)13(16)19/h1-2,4-5,10H,3,6-7H2,(H2,15,17)(H,20,21)/t10-/m1/s1. The van der Waals surface area contributed by atoms with E-state index >= 15 is 0 Å². The van der Waals surface area contributed by atoms with Crippen LogP contribution < -0.4 is 5.73 Å². The quantitative estimate of drug-likeness (QED) is 0.735. The van der Waals surface area contributed by atoms with Gasteiger partial charge < -0.3 is 10.8 Å². The van der Waals surface area contributed by atoms with Gasteiger partial charge in [-0.25, -0.2) is 4.79 Å². The number of benzene rings is 1. The van der Waals surface area contributed by atoms with Crippen LogP contribution >= 0.6 is 0 Å². The summed E-state index contributed by atoms with van der Waals surface area (Å²) in [5.41, 5.74) is 5.39. The molecule has 1 aliphatic heterocycles. The van der Waals surface area contributed by atoms with E-state index in [4.69, 9.17) is 5.73 Å². The van der Waals surface area contributed by atoms with Crippen LogP contribution in [0.2, 0.25) is 0 Å². The summed E-state index contributed by atoms with van der Waals surface area (Å²) in [7, 11) is 0. The van der Waals surface area contributed by atoms with Gasteiger partial charge in [0.1, 0.15) is 6.04 Å². The first-order chi connectivity index (χ1) is 9.93. The first-order valence-electron chi connectivity index (χ1n) is 6.41. The van der Waals surface area contributed by atoms with Crippen molar-refractivity contribution in [3.63, 3.8) is 0 Å². The van der Waals surface area contributed by atoms with Crippen molar-refractivity contribution in [3.05, 3.63) is 35.4 Å².